The van der Waals surface area contributed by atoms with Crippen LogP contribution in [-0.4, -0.2) is 23.2 Å². The number of aliphatic carboxylic acids is 1. The van der Waals surface area contributed by atoms with Crippen LogP contribution in [0.25, 0.3) is 10.8 Å². The first kappa shape index (κ1) is 17.5. The minimum Gasteiger partial charge on any atom is -0.480 e. The van der Waals surface area contributed by atoms with Crippen LogP contribution in [0.5, 0.6) is 0 Å². The number of amides is 1. The number of hydrogen-bond acceptors (Lipinski definition) is 3. The lowest BCUT2D eigenvalue weighted by atomic mass is 9.99. The van der Waals surface area contributed by atoms with Crippen molar-refractivity contribution >= 4 is 22.8 Å². The van der Waals surface area contributed by atoms with Gasteiger partial charge >= 0.3 is 12.1 Å². The number of benzene rings is 3. The monoisotopic (exact) mass is 349 g/mol. The lowest BCUT2D eigenvalue weighted by Crippen LogP contribution is -2.42. The largest absolute Gasteiger partial charge is 0.480 e. The lowest BCUT2D eigenvalue weighted by Gasteiger charge is -2.16. The molecular formula is C21H19NO4. The minimum absolute atomic E-state index is 0.0906. The van der Waals surface area contributed by atoms with Gasteiger partial charge in [0.1, 0.15) is 12.6 Å². The first-order chi connectivity index (χ1) is 12.6. The highest BCUT2D eigenvalue weighted by Crippen LogP contribution is 2.20. The van der Waals surface area contributed by atoms with Gasteiger partial charge < -0.3 is 15.2 Å². The fraction of sp³-hybridized carbons (Fsp3) is 0.143. The molecule has 3 aromatic rings. The number of alkyl carbamates (subject to hydrolysis) is 1. The Kier molecular flexibility index (Phi) is 5.49. The summed E-state index contributed by atoms with van der Waals surface area (Å²) >= 11 is 0. The molecule has 0 fully saturated rings. The average molecular weight is 349 g/mol. The molecule has 5 nitrogen and oxygen atoms in total. The molecule has 3 aromatic carbocycles. The van der Waals surface area contributed by atoms with Gasteiger partial charge in [0.15, 0.2) is 0 Å². The number of carboxylic acids is 1. The van der Waals surface area contributed by atoms with Gasteiger partial charge in [0, 0.05) is 6.42 Å². The molecule has 0 saturated heterocycles. The Labute approximate surface area is 151 Å². The highest BCUT2D eigenvalue weighted by molar-refractivity contribution is 5.87. The molecule has 0 radical (unpaired) electrons. The number of carbonyl (C=O) groups is 2. The SMILES string of the molecule is O=C(NC(Cc1cccc2ccccc12)C(=O)O)OCc1ccccc1. The lowest BCUT2D eigenvalue weighted by molar-refractivity contribution is -0.139. The zero-order chi connectivity index (χ0) is 18.4. The zero-order valence-corrected chi connectivity index (χ0v) is 14.1. The average Bonchev–Trinajstić information content (AvgIpc) is 2.67. The summed E-state index contributed by atoms with van der Waals surface area (Å²) in [6.45, 7) is 0.0906. The number of nitrogens with one attached hydrogen (secondary N) is 1. The zero-order valence-electron chi connectivity index (χ0n) is 14.1. The first-order valence-electron chi connectivity index (χ1n) is 8.30. The van der Waals surface area contributed by atoms with E-state index in [9.17, 15) is 14.7 Å². The summed E-state index contributed by atoms with van der Waals surface area (Å²) in [5.74, 6) is -1.10. The van der Waals surface area contributed by atoms with E-state index in [4.69, 9.17) is 4.74 Å². The molecule has 0 heterocycles. The Hall–Kier alpha value is -3.34. The van der Waals surface area contributed by atoms with Gasteiger partial charge in [0.25, 0.3) is 0 Å². The molecule has 0 aliphatic heterocycles. The van der Waals surface area contributed by atoms with Crippen molar-refractivity contribution in [3.8, 4) is 0 Å². The Morgan fingerprint density at radius 3 is 2.38 bits per heavy atom. The predicted molar refractivity (Wildman–Crippen MR) is 98.8 cm³/mol. The fourth-order valence-electron chi connectivity index (χ4n) is 2.80. The second-order valence-corrected chi connectivity index (χ2v) is 5.94. The molecule has 132 valence electrons. The van der Waals surface area contributed by atoms with Crippen LogP contribution in [0, 0.1) is 0 Å². The summed E-state index contributed by atoms with van der Waals surface area (Å²) in [5.41, 5.74) is 1.70. The smallest absolute Gasteiger partial charge is 0.408 e. The topological polar surface area (TPSA) is 75.6 Å². The van der Waals surface area contributed by atoms with Gasteiger partial charge in [-0.1, -0.05) is 72.8 Å². The van der Waals surface area contributed by atoms with E-state index in [1.165, 1.54) is 0 Å². The van der Waals surface area contributed by atoms with Crippen molar-refractivity contribution in [1.82, 2.24) is 5.32 Å². The quantitative estimate of drug-likeness (QED) is 0.710. The molecule has 0 bridgehead atoms. The van der Waals surface area contributed by atoms with Crippen LogP contribution >= 0.6 is 0 Å². The fourth-order valence-corrected chi connectivity index (χ4v) is 2.80. The predicted octanol–water partition coefficient (Wildman–Crippen LogP) is 3.76. The molecule has 0 spiro atoms. The molecule has 1 unspecified atom stereocenters. The van der Waals surface area contributed by atoms with Crippen LogP contribution in [0.2, 0.25) is 0 Å². The maximum Gasteiger partial charge on any atom is 0.408 e. The number of rotatable bonds is 6. The second-order valence-electron chi connectivity index (χ2n) is 5.94. The number of ether oxygens (including phenoxy) is 1. The van der Waals surface area contributed by atoms with Crippen molar-refractivity contribution in [2.45, 2.75) is 19.1 Å². The summed E-state index contributed by atoms with van der Waals surface area (Å²) in [6.07, 6.45) is -0.571. The third-order valence-electron chi connectivity index (χ3n) is 4.11. The Bertz CT molecular complexity index is 903. The molecular weight excluding hydrogens is 330 g/mol. The van der Waals surface area contributed by atoms with E-state index in [-0.39, 0.29) is 13.0 Å². The van der Waals surface area contributed by atoms with Crippen molar-refractivity contribution < 1.29 is 19.4 Å². The van der Waals surface area contributed by atoms with E-state index in [1.54, 1.807) is 0 Å². The van der Waals surface area contributed by atoms with Crippen LogP contribution in [0.4, 0.5) is 4.79 Å². The molecule has 3 rings (SSSR count). The van der Waals surface area contributed by atoms with E-state index < -0.39 is 18.1 Å². The summed E-state index contributed by atoms with van der Waals surface area (Å²) < 4.78 is 5.12. The third-order valence-corrected chi connectivity index (χ3v) is 4.11. The van der Waals surface area contributed by atoms with Gasteiger partial charge in [-0.2, -0.15) is 0 Å². The standard InChI is InChI=1S/C21H19NO4/c23-20(24)19(22-21(25)26-14-15-7-2-1-3-8-15)13-17-11-6-10-16-9-4-5-12-18(16)17/h1-12,19H,13-14H2,(H,22,25)(H,23,24). The minimum atomic E-state index is -1.10. The summed E-state index contributed by atoms with van der Waals surface area (Å²) in [6, 6.07) is 21.6. The summed E-state index contributed by atoms with van der Waals surface area (Å²) in [4.78, 5) is 23.6. The normalized spacial score (nSPS) is 11.7. The van der Waals surface area contributed by atoms with Gasteiger partial charge in [-0.15, -0.1) is 0 Å². The first-order valence-corrected chi connectivity index (χ1v) is 8.30. The van der Waals surface area contributed by atoms with Crippen molar-refractivity contribution in [3.05, 3.63) is 83.9 Å². The highest BCUT2D eigenvalue weighted by Gasteiger charge is 2.22. The van der Waals surface area contributed by atoms with E-state index in [0.29, 0.717) is 0 Å². The molecule has 0 saturated carbocycles. The molecule has 0 aromatic heterocycles. The molecule has 2 N–H and O–H groups in total. The molecule has 0 aliphatic rings. The van der Waals surface area contributed by atoms with E-state index >= 15 is 0 Å². The number of carboxylic acid groups (broad SMARTS) is 1. The highest BCUT2D eigenvalue weighted by atomic mass is 16.5. The summed E-state index contributed by atoms with van der Waals surface area (Å²) in [5, 5.41) is 13.9. The molecule has 5 heteroatoms. The number of fused-ring (bicyclic) bond motifs is 1. The summed E-state index contributed by atoms with van der Waals surface area (Å²) in [7, 11) is 0. The van der Waals surface area contributed by atoms with E-state index in [0.717, 1.165) is 21.9 Å². The van der Waals surface area contributed by atoms with Crippen molar-refractivity contribution in [3.63, 3.8) is 0 Å². The van der Waals surface area contributed by atoms with Gasteiger partial charge in [0.05, 0.1) is 0 Å². The van der Waals surface area contributed by atoms with Gasteiger partial charge in [-0.25, -0.2) is 9.59 Å². The molecule has 1 amide bonds. The Morgan fingerprint density at radius 1 is 0.923 bits per heavy atom. The number of hydrogen-bond donors (Lipinski definition) is 2. The van der Waals surface area contributed by atoms with E-state index in [1.807, 2.05) is 72.8 Å². The molecule has 26 heavy (non-hydrogen) atoms. The van der Waals surface area contributed by atoms with Crippen LogP contribution < -0.4 is 5.32 Å². The van der Waals surface area contributed by atoms with Crippen molar-refractivity contribution in [2.75, 3.05) is 0 Å². The van der Waals surface area contributed by atoms with Gasteiger partial charge in [-0.3, -0.25) is 0 Å². The van der Waals surface area contributed by atoms with Crippen LogP contribution in [0.3, 0.4) is 0 Å². The molecule has 1 atom stereocenters. The Morgan fingerprint density at radius 2 is 1.62 bits per heavy atom. The van der Waals surface area contributed by atoms with Gasteiger partial charge in [0.2, 0.25) is 0 Å². The van der Waals surface area contributed by atoms with Crippen molar-refractivity contribution in [1.29, 1.82) is 0 Å². The van der Waals surface area contributed by atoms with Crippen LogP contribution in [0.15, 0.2) is 72.8 Å². The van der Waals surface area contributed by atoms with Crippen molar-refractivity contribution in [2.24, 2.45) is 0 Å². The second kappa shape index (κ2) is 8.16. The maximum absolute atomic E-state index is 12.0. The van der Waals surface area contributed by atoms with Crippen LogP contribution in [-0.2, 0) is 22.6 Å². The maximum atomic E-state index is 12.0. The Balaban J connectivity index is 1.67. The van der Waals surface area contributed by atoms with E-state index in [2.05, 4.69) is 5.32 Å². The van der Waals surface area contributed by atoms with Gasteiger partial charge in [-0.05, 0) is 21.9 Å². The number of carbonyl (C=O) groups excluding carboxylic acids is 1. The molecule has 0 aliphatic carbocycles. The third kappa shape index (κ3) is 4.39. The van der Waals surface area contributed by atoms with Crippen LogP contribution in [0.1, 0.15) is 11.1 Å².